The first-order valence-corrected chi connectivity index (χ1v) is 9.02. The molecule has 0 unspecified atom stereocenters. The number of nitrogens with zero attached hydrogens (tertiary/aromatic N) is 3. The number of pyridine rings is 1. The average molecular weight is 375 g/mol. The number of halogens is 1. The number of aromatic carboxylic acids is 1. The van der Waals surface area contributed by atoms with Gasteiger partial charge in [-0.1, -0.05) is 12.2 Å². The molecule has 0 bridgehead atoms. The SMILES string of the molecule is O=C(O)c1cn(C2CC2)c2cc(N3CCN(C=S)CC3)c(F)cc2c1=O. The normalized spacial score (nSPS) is 17.6. The Morgan fingerprint density at radius 3 is 2.50 bits per heavy atom. The van der Waals surface area contributed by atoms with E-state index in [2.05, 4.69) is 0 Å². The van der Waals surface area contributed by atoms with Gasteiger partial charge in [-0.2, -0.15) is 0 Å². The standard InChI is InChI=1S/C18H18FN3O3S/c19-14-7-12-15(8-16(14)21-5-3-20(10-26)4-6-21)22(11-1-2-11)9-13(17(12)23)18(24)25/h7-11H,1-6H2,(H,24,25). The number of thiocarbonyl (C=S) groups is 1. The van der Waals surface area contributed by atoms with E-state index in [1.54, 1.807) is 11.6 Å². The molecule has 2 aliphatic rings. The predicted molar refractivity (Wildman–Crippen MR) is 101 cm³/mol. The molecule has 4 rings (SSSR count). The Morgan fingerprint density at radius 1 is 1.23 bits per heavy atom. The second-order valence-electron chi connectivity index (χ2n) is 6.76. The van der Waals surface area contributed by atoms with Gasteiger partial charge in [0.25, 0.3) is 0 Å². The van der Waals surface area contributed by atoms with Gasteiger partial charge in [0.1, 0.15) is 11.4 Å². The van der Waals surface area contributed by atoms with Crippen molar-refractivity contribution in [3.05, 3.63) is 39.9 Å². The molecule has 1 aliphatic carbocycles. The average Bonchev–Trinajstić information content (AvgIpc) is 3.47. The van der Waals surface area contributed by atoms with E-state index in [0.29, 0.717) is 37.4 Å². The molecule has 1 aromatic carbocycles. The lowest BCUT2D eigenvalue weighted by atomic mass is 10.1. The van der Waals surface area contributed by atoms with Gasteiger partial charge in [0.15, 0.2) is 0 Å². The molecule has 0 radical (unpaired) electrons. The maximum Gasteiger partial charge on any atom is 0.341 e. The van der Waals surface area contributed by atoms with E-state index >= 15 is 0 Å². The topological polar surface area (TPSA) is 65.8 Å². The van der Waals surface area contributed by atoms with Gasteiger partial charge in [-0.15, -0.1) is 0 Å². The highest BCUT2D eigenvalue weighted by molar-refractivity contribution is 7.78. The van der Waals surface area contributed by atoms with Crippen LogP contribution in [-0.2, 0) is 0 Å². The molecule has 2 aromatic rings. The third kappa shape index (κ3) is 2.84. The van der Waals surface area contributed by atoms with Gasteiger partial charge in [-0.25, -0.2) is 9.18 Å². The molecule has 0 amide bonds. The second kappa shape index (κ2) is 6.35. The van der Waals surface area contributed by atoms with Crippen LogP contribution in [0.25, 0.3) is 10.9 Å². The van der Waals surface area contributed by atoms with E-state index in [1.807, 2.05) is 14.4 Å². The van der Waals surface area contributed by atoms with E-state index in [1.165, 1.54) is 12.3 Å². The number of hydrogen-bond acceptors (Lipinski definition) is 4. The van der Waals surface area contributed by atoms with Crippen LogP contribution in [0.2, 0.25) is 0 Å². The quantitative estimate of drug-likeness (QED) is 0.827. The Morgan fingerprint density at radius 2 is 1.92 bits per heavy atom. The first kappa shape index (κ1) is 17.0. The van der Waals surface area contributed by atoms with Gasteiger partial charge in [-0.05, 0) is 25.0 Å². The largest absolute Gasteiger partial charge is 0.477 e. The van der Waals surface area contributed by atoms with Crippen molar-refractivity contribution in [1.82, 2.24) is 9.47 Å². The van der Waals surface area contributed by atoms with Gasteiger partial charge in [-0.3, -0.25) is 4.79 Å². The highest BCUT2D eigenvalue weighted by atomic mass is 32.1. The second-order valence-corrected chi connectivity index (χ2v) is 6.98. The van der Waals surface area contributed by atoms with E-state index in [4.69, 9.17) is 12.2 Å². The van der Waals surface area contributed by atoms with Crippen molar-refractivity contribution in [2.75, 3.05) is 31.1 Å². The number of fused-ring (bicyclic) bond motifs is 1. The van der Waals surface area contributed by atoms with E-state index in [9.17, 15) is 19.1 Å². The number of benzene rings is 1. The van der Waals surface area contributed by atoms with Crippen LogP contribution < -0.4 is 10.3 Å². The van der Waals surface area contributed by atoms with Crippen LogP contribution in [0.1, 0.15) is 29.2 Å². The maximum absolute atomic E-state index is 14.8. The summed E-state index contributed by atoms with van der Waals surface area (Å²) in [6, 6.07) is 3.04. The summed E-state index contributed by atoms with van der Waals surface area (Å²) in [4.78, 5) is 27.8. The molecule has 1 N–H and O–H groups in total. The molecule has 26 heavy (non-hydrogen) atoms. The van der Waals surface area contributed by atoms with Crippen LogP contribution in [0.15, 0.2) is 23.1 Å². The molecule has 2 heterocycles. The molecule has 1 saturated carbocycles. The number of carbonyl (C=O) groups is 1. The third-order valence-electron chi connectivity index (χ3n) is 5.08. The molecule has 6 nitrogen and oxygen atoms in total. The van der Waals surface area contributed by atoms with E-state index in [0.717, 1.165) is 12.8 Å². The van der Waals surface area contributed by atoms with Gasteiger partial charge < -0.3 is 19.5 Å². The summed E-state index contributed by atoms with van der Waals surface area (Å²) in [5, 5.41) is 9.42. The van der Waals surface area contributed by atoms with E-state index < -0.39 is 17.2 Å². The third-order valence-corrected chi connectivity index (χ3v) is 5.37. The fraction of sp³-hybridized carbons (Fsp3) is 0.389. The van der Waals surface area contributed by atoms with Gasteiger partial charge in [0.2, 0.25) is 5.43 Å². The zero-order valence-corrected chi connectivity index (χ0v) is 14.8. The van der Waals surface area contributed by atoms with Crippen molar-refractivity contribution in [3.8, 4) is 0 Å². The highest BCUT2D eigenvalue weighted by Gasteiger charge is 2.28. The van der Waals surface area contributed by atoms with Crippen LogP contribution in [0.5, 0.6) is 0 Å². The number of carboxylic acid groups (broad SMARTS) is 1. The Hall–Kier alpha value is -2.48. The van der Waals surface area contributed by atoms with Crippen molar-refractivity contribution in [3.63, 3.8) is 0 Å². The Balaban J connectivity index is 1.85. The molecule has 8 heteroatoms. The fourth-order valence-electron chi connectivity index (χ4n) is 3.48. The molecular formula is C18H18FN3O3S. The Kier molecular flexibility index (Phi) is 4.14. The minimum absolute atomic E-state index is 0.121. The Bertz CT molecular complexity index is 962. The number of rotatable bonds is 4. The minimum atomic E-state index is -1.29. The molecule has 0 spiro atoms. The zero-order chi connectivity index (χ0) is 18.4. The summed E-state index contributed by atoms with van der Waals surface area (Å²) in [6.45, 7) is 2.70. The van der Waals surface area contributed by atoms with Crippen LogP contribution in [-0.4, -0.2) is 52.2 Å². The molecule has 1 aliphatic heterocycles. The molecule has 1 saturated heterocycles. The maximum atomic E-state index is 14.8. The first-order chi connectivity index (χ1) is 12.5. The smallest absolute Gasteiger partial charge is 0.341 e. The lowest BCUT2D eigenvalue weighted by Crippen LogP contribution is -2.45. The number of anilines is 1. The van der Waals surface area contributed by atoms with Crippen molar-refractivity contribution >= 4 is 40.3 Å². The lowest BCUT2D eigenvalue weighted by Gasteiger charge is -2.35. The molecule has 0 atom stereocenters. The number of piperazine rings is 1. The molecular weight excluding hydrogens is 357 g/mol. The van der Waals surface area contributed by atoms with Crippen LogP contribution in [0.3, 0.4) is 0 Å². The summed E-state index contributed by atoms with van der Waals surface area (Å²) in [6.07, 6.45) is 3.25. The summed E-state index contributed by atoms with van der Waals surface area (Å²) >= 11 is 4.94. The summed E-state index contributed by atoms with van der Waals surface area (Å²) in [5.41, 5.74) is 1.70. The molecule has 136 valence electrons. The highest BCUT2D eigenvalue weighted by Crippen LogP contribution is 2.38. The first-order valence-electron chi connectivity index (χ1n) is 8.55. The van der Waals surface area contributed by atoms with Crippen LogP contribution in [0, 0.1) is 5.82 Å². The number of aromatic nitrogens is 1. The number of hydrogen-bond donors (Lipinski definition) is 1. The van der Waals surface area contributed by atoms with Gasteiger partial charge >= 0.3 is 5.97 Å². The fourth-order valence-corrected chi connectivity index (χ4v) is 3.69. The van der Waals surface area contributed by atoms with Crippen LogP contribution in [0.4, 0.5) is 10.1 Å². The van der Waals surface area contributed by atoms with Gasteiger partial charge in [0.05, 0.1) is 16.7 Å². The van der Waals surface area contributed by atoms with Crippen molar-refractivity contribution in [2.45, 2.75) is 18.9 Å². The van der Waals surface area contributed by atoms with E-state index in [-0.39, 0.29) is 17.0 Å². The summed E-state index contributed by atoms with van der Waals surface area (Å²) < 4.78 is 16.6. The van der Waals surface area contributed by atoms with Crippen molar-refractivity contribution in [1.29, 1.82) is 0 Å². The predicted octanol–water partition coefficient (Wildman–Crippen LogP) is 2.25. The minimum Gasteiger partial charge on any atom is -0.477 e. The molecule has 1 aromatic heterocycles. The monoisotopic (exact) mass is 375 g/mol. The lowest BCUT2D eigenvalue weighted by molar-refractivity contribution is 0.0695. The summed E-state index contributed by atoms with van der Waals surface area (Å²) in [5.74, 6) is -1.79. The van der Waals surface area contributed by atoms with Crippen LogP contribution >= 0.6 is 12.2 Å². The van der Waals surface area contributed by atoms with Gasteiger partial charge in [0, 0.05) is 43.8 Å². The molecule has 2 fully saturated rings. The number of carboxylic acids is 1. The Labute approximate surface area is 154 Å². The van der Waals surface area contributed by atoms with Crippen molar-refractivity contribution in [2.24, 2.45) is 0 Å². The van der Waals surface area contributed by atoms with Crippen molar-refractivity contribution < 1.29 is 14.3 Å². The summed E-state index contributed by atoms with van der Waals surface area (Å²) in [7, 11) is 0. The zero-order valence-electron chi connectivity index (χ0n) is 14.0.